The first-order chi connectivity index (χ1) is 11.7. The van der Waals surface area contributed by atoms with E-state index in [0.717, 1.165) is 22.4 Å². The first kappa shape index (κ1) is 19.4. The highest BCUT2D eigenvalue weighted by molar-refractivity contribution is 7.88. The molecule has 0 saturated carbocycles. The number of sulfonamides is 1. The van der Waals surface area contributed by atoms with Crippen LogP contribution in [0.1, 0.15) is 31.4 Å². The third kappa shape index (κ3) is 5.80. The molecule has 9 heteroatoms. The van der Waals surface area contributed by atoms with Gasteiger partial charge in [-0.3, -0.25) is 9.59 Å². The number of aromatic nitrogens is 1. The number of nitrogens with one attached hydrogen (secondary N) is 3. The molecule has 2 aromatic heterocycles. The zero-order valence-electron chi connectivity index (χ0n) is 14.3. The van der Waals surface area contributed by atoms with E-state index < -0.39 is 10.0 Å². The maximum Gasteiger partial charge on any atom is 0.261 e. The lowest BCUT2D eigenvalue weighted by Crippen LogP contribution is -2.27. The Morgan fingerprint density at radius 3 is 2.64 bits per heavy atom. The van der Waals surface area contributed by atoms with E-state index in [4.69, 9.17) is 0 Å². The first-order valence-electron chi connectivity index (χ1n) is 7.66. The van der Waals surface area contributed by atoms with Gasteiger partial charge < -0.3 is 10.3 Å². The number of carbonyl (C=O) groups is 1. The van der Waals surface area contributed by atoms with Gasteiger partial charge in [-0.2, -0.15) is 0 Å². The second kappa shape index (κ2) is 7.94. The molecule has 0 aliphatic rings. The van der Waals surface area contributed by atoms with Gasteiger partial charge in [0.15, 0.2) is 0 Å². The Hall–Kier alpha value is -1.97. The molecule has 0 aromatic carbocycles. The summed E-state index contributed by atoms with van der Waals surface area (Å²) in [5, 5.41) is 2.75. The van der Waals surface area contributed by atoms with Crippen molar-refractivity contribution in [2.75, 3.05) is 12.8 Å². The molecule has 136 valence electrons. The summed E-state index contributed by atoms with van der Waals surface area (Å²) in [4.78, 5) is 28.3. The number of rotatable bonds is 7. The van der Waals surface area contributed by atoms with Crippen LogP contribution in [0.5, 0.6) is 0 Å². The van der Waals surface area contributed by atoms with Crippen molar-refractivity contribution in [2.24, 2.45) is 0 Å². The van der Waals surface area contributed by atoms with E-state index in [1.807, 2.05) is 19.9 Å². The van der Waals surface area contributed by atoms with Gasteiger partial charge in [-0.15, -0.1) is 11.3 Å². The van der Waals surface area contributed by atoms with Gasteiger partial charge in [-0.25, -0.2) is 13.1 Å². The Balaban J connectivity index is 1.95. The molecule has 7 nitrogen and oxygen atoms in total. The maximum absolute atomic E-state index is 12.2. The molecule has 2 heterocycles. The standard InChI is InChI=1S/C16H21N3O4S2/c1-10-8-11(2)19-15(20)13(10)9-17-16(21)14-5-4-12(24-14)6-7-18-25(3,22)23/h4-5,8,18H,6-7,9H2,1-3H3,(H,17,21)(H,19,20). The Morgan fingerprint density at radius 2 is 2.00 bits per heavy atom. The van der Waals surface area contributed by atoms with Gasteiger partial charge in [-0.1, -0.05) is 0 Å². The van der Waals surface area contributed by atoms with Crippen LogP contribution in [-0.4, -0.2) is 32.1 Å². The summed E-state index contributed by atoms with van der Waals surface area (Å²) in [5.41, 5.74) is 1.95. The van der Waals surface area contributed by atoms with Gasteiger partial charge in [0, 0.05) is 29.2 Å². The van der Waals surface area contributed by atoms with Crippen molar-refractivity contribution in [3.8, 4) is 0 Å². The second-order valence-electron chi connectivity index (χ2n) is 5.81. The summed E-state index contributed by atoms with van der Waals surface area (Å²) in [7, 11) is -3.21. The van der Waals surface area contributed by atoms with Crippen molar-refractivity contribution in [1.29, 1.82) is 0 Å². The summed E-state index contributed by atoms with van der Waals surface area (Å²) in [6, 6.07) is 5.36. The van der Waals surface area contributed by atoms with Gasteiger partial charge in [0.2, 0.25) is 10.0 Å². The van der Waals surface area contributed by atoms with Crippen molar-refractivity contribution in [2.45, 2.75) is 26.8 Å². The summed E-state index contributed by atoms with van der Waals surface area (Å²) in [6.07, 6.45) is 1.62. The lowest BCUT2D eigenvalue weighted by molar-refractivity contribution is 0.0955. The van der Waals surface area contributed by atoms with Crippen LogP contribution in [0.25, 0.3) is 0 Å². The van der Waals surface area contributed by atoms with E-state index in [1.165, 1.54) is 11.3 Å². The van der Waals surface area contributed by atoms with Gasteiger partial charge in [0.25, 0.3) is 11.5 Å². The van der Waals surface area contributed by atoms with Gasteiger partial charge in [-0.05, 0) is 44.0 Å². The number of amides is 1. The highest BCUT2D eigenvalue weighted by atomic mass is 32.2. The minimum Gasteiger partial charge on any atom is -0.347 e. The quantitative estimate of drug-likeness (QED) is 0.665. The third-order valence-electron chi connectivity index (χ3n) is 3.54. The normalized spacial score (nSPS) is 11.5. The van der Waals surface area contributed by atoms with Crippen LogP contribution in [0.4, 0.5) is 0 Å². The lowest BCUT2D eigenvalue weighted by atomic mass is 10.1. The molecule has 0 bridgehead atoms. The molecule has 3 N–H and O–H groups in total. The second-order valence-corrected chi connectivity index (χ2v) is 8.81. The number of hydrogen-bond donors (Lipinski definition) is 3. The average molecular weight is 383 g/mol. The molecule has 0 unspecified atom stereocenters. The van der Waals surface area contributed by atoms with Crippen LogP contribution in [0.2, 0.25) is 0 Å². The molecule has 0 atom stereocenters. The van der Waals surface area contributed by atoms with Crippen molar-refractivity contribution < 1.29 is 13.2 Å². The number of aromatic amines is 1. The smallest absolute Gasteiger partial charge is 0.261 e. The summed E-state index contributed by atoms with van der Waals surface area (Å²) < 4.78 is 24.5. The van der Waals surface area contributed by atoms with Gasteiger partial charge >= 0.3 is 0 Å². The topological polar surface area (TPSA) is 108 Å². The van der Waals surface area contributed by atoms with Crippen LogP contribution in [-0.2, 0) is 23.0 Å². The summed E-state index contributed by atoms with van der Waals surface area (Å²) in [6.45, 7) is 4.09. The number of carbonyl (C=O) groups excluding carboxylic acids is 1. The number of aryl methyl sites for hydroxylation is 2. The van der Waals surface area contributed by atoms with Gasteiger partial charge in [0.1, 0.15) is 0 Å². The summed E-state index contributed by atoms with van der Waals surface area (Å²) >= 11 is 1.30. The Bertz CT molecular complexity index is 929. The molecule has 25 heavy (non-hydrogen) atoms. The third-order valence-corrected chi connectivity index (χ3v) is 5.41. The maximum atomic E-state index is 12.2. The van der Waals surface area contributed by atoms with Crippen LogP contribution >= 0.6 is 11.3 Å². The molecule has 0 fully saturated rings. The number of H-pyrrole nitrogens is 1. The van der Waals surface area contributed by atoms with Crippen molar-refractivity contribution in [3.05, 3.63) is 55.1 Å². The van der Waals surface area contributed by atoms with E-state index in [0.29, 0.717) is 23.4 Å². The molecule has 2 aromatic rings. The molecule has 0 radical (unpaired) electrons. The predicted octanol–water partition coefficient (Wildman–Crippen LogP) is 1.07. The van der Waals surface area contributed by atoms with E-state index in [9.17, 15) is 18.0 Å². The highest BCUT2D eigenvalue weighted by Crippen LogP contribution is 2.17. The molecule has 0 saturated heterocycles. The number of pyridine rings is 1. The van der Waals surface area contributed by atoms with Crippen LogP contribution in [0, 0.1) is 13.8 Å². The van der Waals surface area contributed by atoms with Crippen LogP contribution in [0.3, 0.4) is 0 Å². The molecular weight excluding hydrogens is 362 g/mol. The highest BCUT2D eigenvalue weighted by Gasteiger charge is 2.12. The Labute approximate surface area is 150 Å². The zero-order chi connectivity index (χ0) is 18.6. The molecule has 1 amide bonds. The lowest BCUT2D eigenvalue weighted by Gasteiger charge is -2.07. The summed E-state index contributed by atoms with van der Waals surface area (Å²) in [5.74, 6) is -0.258. The molecule has 0 aliphatic carbocycles. The zero-order valence-corrected chi connectivity index (χ0v) is 15.9. The van der Waals surface area contributed by atoms with Crippen LogP contribution < -0.4 is 15.6 Å². The largest absolute Gasteiger partial charge is 0.347 e. The molecule has 2 rings (SSSR count). The average Bonchev–Trinajstić information content (AvgIpc) is 2.93. The molecule has 0 aliphatic heterocycles. The van der Waals surface area contributed by atoms with Crippen molar-refractivity contribution in [3.63, 3.8) is 0 Å². The Kier molecular flexibility index (Phi) is 6.15. The van der Waals surface area contributed by atoms with E-state index in [2.05, 4.69) is 15.0 Å². The molecule has 0 spiro atoms. The fourth-order valence-corrected chi connectivity index (χ4v) is 3.75. The molecular formula is C16H21N3O4S2. The monoisotopic (exact) mass is 383 g/mol. The van der Waals surface area contributed by atoms with Crippen molar-refractivity contribution in [1.82, 2.24) is 15.0 Å². The van der Waals surface area contributed by atoms with E-state index in [1.54, 1.807) is 12.1 Å². The van der Waals surface area contributed by atoms with Crippen LogP contribution in [0.15, 0.2) is 23.0 Å². The van der Waals surface area contributed by atoms with E-state index in [-0.39, 0.29) is 18.0 Å². The Morgan fingerprint density at radius 1 is 1.28 bits per heavy atom. The number of thiophene rings is 1. The van der Waals surface area contributed by atoms with E-state index >= 15 is 0 Å². The van der Waals surface area contributed by atoms with Crippen molar-refractivity contribution >= 4 is 27.3 Å². The minimum absolute atomic E-state index is 0.156. The fraction of sp³-hybridized carbons (Fsp3) is 0.375. The SMILES string of the molecule is Cc1cc(C)c(CNC(=O)c2ccc(CCNS(C)(=O)=O)s2)c(=O)[nH]1. The minimum atomic E-state index is -3.21. The predicted molar refractivity (Wildman–Crippen MR) is 98.6 cm³/mol. The number of hydrogen-bond acceptors (Lipinski definition) is 5. The fourth-order valence-electron chi connectivity index (χ4n) is 2.35. The van der Waals surface area contributed by atoms with Gasteiger partial charge in [0.05, 0.1) is 11.1 Å². The first-order valence-corrected chi connectivity index (χ1v) is 10.4.